The molecular weight excluding hydrogens is 397 g/mol. The van der Waals surface area contributed by atoms with E-state index in [2.05, 4.69) is 10.2 Å². The maximum absolute atomic E-state index is 13.6. The van der Waals surface area contributed by atoms with E-state index in [1.807, 2.05) is 36.2 Å². The highest BCUT2D eigenvalue weighted by atomic mass is 32.2. The Balaban J connectivity index is 1.67. The molecule has 4 nitrogen and oxygen atoms in total. The molecule has 0 bridgehead atoms. The Morgan fingerprint density at radius 2 is 1.86 bits per heavy atom. The SMILES string of the molecule is CN1c2ccccc2Sc2cc(C(F)(F)F)cc(NC3CCN(CCN)CC3)c21. The van der Waals surface area contributed by atoms with Crippen LogP contribution in [0, 0.1) is 0 Å². The van der Waals surface area contributed by atoms with Gasteiger partial charge in [-0.2, -0.15) is 13.2 Å². The summed E-state index contributed by atoms with van der Waals surface area (Å²) in [6.45, 7) is 3.30. The third-order valence-corrected chi connectivity index (χ3v) is 6.67. The molecule has 1 fully saturated rings. The lowest BCUT2D eigenvalue weighted by Crippen LogP contribution is -2.41. The molecule has 2 aromatic rings. The molecule has 0 aliphatic carbocycles. The number of para-hydroxylation sites is 1. The number of benzene rings is 2. The van der Waals surface area contributed by atoms with Crippen LogP contribution in [0.5, 0.6) is 0 Å². The Morgan fingerprint density at radius 3 is 2.55 bits per heavy atom. The average Bonchev–Trinajstić information content (AvgIpc) is 2.69. The van der Waals surface area contributed by atoms with Gasteiger partial charge in [0, 0.05) is 49.1 Å². The van der Waals surface area contributed by atoms with Gasteiger partial charge in [0.25, 0.3) is 0 Å². The minimum Gasteiger partial charge on any atom is -0.380 e. The molecule has 0 unspecified atom stereocenters. The topological polar surface area (TPSA) is 44.5 Å². The first-order valence-electron chi connectivity index (χ1n) is 9.81. The van der Waals surface area contributed by atoms with Crippen molar-refractivity contribution in [3.8, 4) is 0 Å². The van der Waals surface area contributed by atoms with E-state index in [0.29, 0.717) is 17.1 Å². The van der Waals surface area contributed by atoms with Gasteiger partial charge in [0.1, 0.15) is 0 Å². The van der Waals surface area contributed by atoms with E-state index in [1.165, 1.54) is 23.9 Å². The molecule has 2 aromatic carbocycles. The Kier molecular flexibility index (Phi) is 5.68. The zero-order chi connectivity index (χ0) is 20.6. The predicted molar refractivity (Wildman–Crippen MR) is 112 cm³/mol. The van der Waals surface area contributed by atoms with E-state index < -0.39 is 11.7 Å². The predicted octanol–water partition coefficient (Wildman–Crippen LogP) is 4.77. The number of halogens is 3. The number of piperidine rings is 1. The van der Waals surface area contributed by atoms with Gasteiger partial charge in [0.05, 0.1) is 22.6 Å². The van der Waals surface area contributed by atoms with Gasteiger partial charge >= 0.3 is 6.18 Å². The highest BCUT2D eigenvalue weighted by molar-refractivity contribution is 7.99. The quantitative estimate of drug-likeness (QED) is 0.743. The van der Waals surface area contributed by atoms with Crippen molar-refractivity contribution in [2.75, 3.05) is 43.4 Å². The van der Waals surface area contributed by atoms with Gasteiger partial charge in [-0.15, -0.1) is 0 Å². The van der Waals surface area contributed by atoms with Crippen LogP contribution < -0.4 is 16.0 Å². The summed E-state index contributed by atoms with van der Waals surface area (Å²) in [5.41, 5.74) is 7.39. The van der Waals surface area contributed by atoms with Crippen molar-refractivity contribution in [1.29, 1.82) is 0 Å². The van der Waals surface area contributed by atoms with Gasteiger partial charge in [-0.3, -0.25) is 0 Å². The second-order valence-electron chi connectivity index (χ2n) is 7.55. The number of anilines is 3. The molecule has 0 spiro atoms. The number of hydrogen-bond acceptors (Lipinski definition) is 5. The van der Waals surface area contributed by atoms with Crippen molar-refractivity contribution >= 4 is 28.8 Å². The molecule has 0 saturated carbocycles. The first kappa shape index (κ1) is 20.4. The first-order chi connectivity index (χ1) is 13.9. The lowest BCUT2D eigenvalue weighted by molar-refractivity contribution is -0.137. The molecule has 0 aromatic heterocycles. The van der Waals surface area contributed by atoms with Crippen LogP contribution >= 0.6 is 11.8 Å². The monoisotopic (exact) mass is 422 g/mol. The number of nitrogens with zero attached hydrogens (tertiary/aromatic N) is 2. The highest BCUT2D eigenvalue weighted by Gasteiger charge is 2.35. The molecule has 0 radical (unpaired) electrons. The van der Waals surface area contributed by atoms with Gasteiger partial charge in [-0.25, -0.2) is 0 Å². The number of fused-ring (bicyclic) bond motifs is 2. The number of nitrogens with one attached hydrogen (secondary N) is 1. The van der Waals surface area contributed by atoms with Crippen molar-refractivity contribution in [2.45, 2.75) is 34.9 Å². The normalized spacial score (nSPS) is 17.8. The number of alkyl halides is 3. The van der Waals surface area contributed by atoms with Crippen molar-refractivity contribution in [3.05, 3.63) is 42.0 Å². The first-order valence-corrected chi connectivity index (χ1v) is 10.6. The second kappa shape index (κ2) is 8.08. The smallest absolute Gasteiger partial charge is 0.380 e. The van der Waals surface area contributed by atoms with Crippen LogP contribution in [-0.4, -0.2) is 44.2 Å². The zero-order valence-corrected chi connectivity index (χ0v) is 17.1. The summed E-state index contributed by atoms with van der Waals surface area (Å²) in [5, 5.41) is 3.43. The van der Waals surface area contributed by atoms with E-state index >= 15 is 0 Å². The van der Waals surface area contributed by atoms with Crippen LogP contribution in [0.25, 0.3) is 0 Å². The fourth-order valence-corrected chi connectivity index (χ4v) is 5.29. The summed E-state index contributed by atoms with van der Waals surface area (Å²) in [6.07, 6.45) is -2.61. The largest absolute Gasteiger partial charge is 0.416 e. The highest BCUT2D eigenvalue weighted by Crippen LogP contribution is 2.52. The average molecular weight is 423 g/mol. The van der Waals surface area contributed by atoms with Crippen LogP contribution in [0.15, 0.2) is 46.2 Å². The summed E-state index contributed by atoms with van der Waals surface area (Å²) < 4.78 is 40.7. The maximum atomic E-state index is 13.6. The lowest BCUT2D eigenvalue weighted by Gasteiger charge is -2.36. The Bertz CT molecular complexity index is 879. The van der Waals surface area contributed by atoms with Gasteiger partial charge in [-0.05, 0) is 37.1 Å². The summed E-state index contributed by atoms with van der Waals surface area (Å²) in [7, 11) is 1.92. The third-order valence-electron chi connectivity index (χ3n) is 5.58. The van der Waals surface area contributed by atoms with Gasteiger partial charge in [-0.1, -0.05) is 23.9 Å². The summed E-state index contributed by atoms with van der Waals surface area (Å²) in [6, 6.07) is 10.5. The third kappa shape index (κ3) is 4.20. The van der Waals surface area contributed by atoms with Gasteiger partial charge in [0.2, 0.25) is 0 Å². The number of nitrogens with two attached hydrogens (primary N) is 1. The van der Waals surface area contributed by atoms with Crippen LogP contribution in [-0.2, 0) is 6.18 Å². The molecule has 2 heterocycles. The number of rotatable bonds is 4. The summed E-state index contributed by atoms with van der Waals surface area (Å²) >= 11 is 1.40. The minimum absolute atomic E-state index is 0.146. The van der Waals surface area contributed by atoms with Crippen molar-refractivity contribution in [3.63, 3.8) is 0 Å². The number of likely N-dealkylation sites (tertiary alicyclic amines) is 1. The van der Waals surface area contributed by atoms with E-state index in [1.54, 1.807) is 0 Å². The Morgan fingerprint density at radius 1 is 1.14 bits per heavy atom. The van der Waals surface area contributed by atoms with Crippen molar-refractivity contribution in [2.24, 2.45) is 5.73 Å². The van der Waals surface area contributed by atoms with Crippen LogP contribution in [0.1, 0.15) is 18.4 Å². The zero-order valence-electron chi connectivity index (χ0n) is 16.3. The minimum atomic E-state index is -4.38. The maximum Gasteiger partial charge on any atom is 0.416 e. The van der Waals surface area contributed by atoms with E-state index in [-0.39, 0.29) is 6.04 Å². The summed E-state index contributed by atoms with van der Waals surface area (Å²) in [4.78, 5) is 5.89. The molecule has 4 rings (SSSR count). The van der Waals surface area contributed by atoms with Gasteiger partial charge < -0.3 is 20.9 Å². The molecule has 2 aliphatic heterocycles. The number of hydrogen-bond donors (Lipinski definition) is 2. The second-order valence-corrected chi connectivity index (χ2v) is 8.63. The van der Waals surface area contributed by atoms with Crippen LogP contribution in [0.4, 0.5) is 30.2 Å². The Hall–Kier alpha value is -1.90. The lowest BCUT2D eigenvalue weighted by atomic mass is 10.0. The van der Waals surface area contributed by atoms with E-state index in [0.717, 1.165) is 48.7 Å². The van der Waals surface area contributed by atoms with Crippen LogP contribution in [0.2, 0.25) is 0 Å². The molecule has 29 heavy (non-hydrogen) atoms. The molecule has 1 saturated heterocycles. The van der Waals surface area contributed by atoms with Crippen molar-refractivity contribution in [1.82, 2.24) is 4.90 Å². The van der Waals surface area contributed by atoms with E-state index in [4.69, 9.17) is 5.73 Å². The Labute approximate surface area is 173 Å². The fourth-order valence-electron chi connectivity index (χ4n) is 4.07. The van der Waals surface area contributed by atoms with Crippen LogP contribution in [0.3, 0.4) is 0 Å². The van der Waals surface area contributed by atoms with Gasteiger partial charge in [0.15, 0.2) is 0 Å². The van der Waals surface area contributed by atoms with Crippen molar-refractivity contribution < 1.29 is 13.2 Å². The molecule has 2 aliphatic rings. The molecule has 0 atom stereocenters. The molecule has 0 amide bonds. The molecule has 156 valence electrons. The fraction of sp³-hybridized carbons (Fsp3) is 0.429. The summed E-state index contributed by atoms with van der Waals surface area (Å²) in [5.74, 6) is 0. The molecular formula is C21H25F3N4S. The van der Waals surface area contributed by atoms with E-state index in [9.17, 15) is 13.2 Å². The standard InChI is InChI=1S/C21H25F3N4S/c1-27-17-4-2-3-5-18(17)29-19-13-14(21(22,23)24)12-16(20(19)27)26-15-6-9-28(10-7-15)11-8-25/h2-5,12-13,15,26H,6-11,25H2,1H3. The molecule has 3 N–H and O–H groups in total. The molecule has 8 heteroatoms.